The molecule has 2 nitrogen and oxygen atoms in total. The number of hydrogen-bond acceptors (Lipinski definition) is 2. The maximum Gasteiger partial charge on any atom is 0.129 e. The largest absolute Gasteiger partial charge is 0.369 e. The van der Waals surface area contributed by atoms with Crippen LogP contribution in [-0.4, -0.2) is 18.6 Å². The molecule has 1 aromatic carbocycles. The third kappa shape index (κ3) is 3.95. The molecule has 0 unspecified atom stereocenters. The van der Waals surface area contributed by atoms with Crippen LogP contribution in [0.25, 0.3) is 0 Å². The summed E-state index contributed by atoms with van der Waals surface area (Å²) in [5.41, 5.74) is 1.86. The van der Waals surface area contributed by atoms with Gasteiger partial charge in [-0.15, -0.1) is 0 Å². The smallest absolute Gasteiger partial charge is 0.129 e. The molecule has 20 heavy (non-hydrogen) atoms. The lowest BCUT2D eigenvalue weighted by atomic mass is 10.1. The van der Waals surface area contributed by atoms with E-state index in [1.54, 1.807) is 6.07 Å². The van der Waals surface area contributed by atoms with Gasteiger partial charge in [-0.25, -0.2) is 4.39 Å². The monoisotopic (exact) mass is 278 g/mol. The summed E-state index contributed by atoms with van der Waals surface area (Å²) in [5, 5.41) is 3.43. The Balaban J connectivity index is 2.24. The van der Waals surface area contributed by atoms with Gasteiger partial charge in [0.2, 0.25) is 0 Å². The van der Waals surface area contributed by atoms with E-state index in [2.05, 4.69) is 44.0 Å². The van der Waals surface area contributed by atoms with Crippen LogP contribution >= 0.6 is 0 Å². The van der Waals surface area contributed by atoms with Crippen molar-refractivity contribution in [1.29, 1.82) is 0 Å². The molecule has 1 aliphatic carbocycles. The van der Waals surface area contributed by atoms with E-state index in [1.807, 2.05) is 6.07 Å². The summed E-state index contributed by atoms with van der Waals surface area (Å²) in [5.74, 6) is 0.468. The third-order valence-corrected chi connectivity index (χ3v) is 3.73. The van der Waals surface area contributed by atoms with E-state index in [-0.39, 0.29) is 5.82 Å². The van der Waals surface area contributed by atoms with Gasteiger partial charge in [-0.2, -0.15) is 0 Å². The van der Waals surface area contributed by atoms with Crippen LogP contribution in [-0.2, 0) is 6.54 Å². The molecule has 0 radical (unpaired) electrons. The molecule has 1 fully saturated rings. The van der Waals surface area contributed by atoms with Crippen molar-refractivity contribution in [1.82, 2.24) is 5.32 Å². The van der Waals surface area contributed by atoms with E-state index in [0.29, 0.717) is 24.5 Å². The summed E-state index contributed by atoms with van der Waals surface area (Å²) in [6.07, 6.45) is 2.45. The predicted molar refractivity (Wildman–Crippen MR) is 83.6 cm³/mol. The van der Waals surface area contributed by atoms with Crippen molar-refractivity contribution in [3.63, 3.8) is 0 Å². The minimum absolute atomic E-state index is 0.0925. The molecule has 3 heteroatoms. The topological polar surface area (TPSA) is 15.3 Å². The second-order valence-corrected chi connectivity index (χ2v) is 6.53. The molecule has 0 amide bonds. The molecule has 0 aliphatic heterocycles. The van der Waals surface area contributed by atoms with E-state index >= 15 is 0 Å². The van der Waals surface area contributed by atoms with E-state index in [4.69, 9.17) is 0 Å². The van der Waals surface area contributed by atoms with Gasteiger partial charge in [0.25, 0.3) is 0 Å². The number of rotatable bonds is 7. The number of hydrogen-bond donors (Lipinski definition) is 1. The molecule has 0 heterocycles. The zero-order chi connectivity index (χ0) is 14.7. The van der Waals surface area contributed by atoms with Crippen LogP contribution in [0.1, 0.15) is 46.1 Å². The minimum atomic E-state index is -0.0925. The lowest BCUT2D eigenvalue weighted by molar-refractivity contribution is 0.554. The van der Waals surface area contributed by atoms with Crippen molar-refractivity contribution < 1.29 is 4.39 Å². The summed E-state index contributed by atoms with van der Waals surface area (Å²) in [6.45, 7) is 10.3. The van der Waals surface area contributed by atoms with Crippen molar-refractivity contribution in [2.24, 2.45) is 5.92 Å². The maximum absolute atomic E-state index is 14.2. The first-order chi connectivity index (χ1) is 9.49. The number of halogens is 1. The Labute approximate surface area is 122 Å². The van der Waals surface area contributed by atoms with Crippen molar-refractivity contribution in [3.05, 3.63) is 29.6 Å². The molecule has 1 saturated carbocycles. The fraction of sp³-hybridized carbons (Fsp3) is 0.647. The number of nitrogens with zero attached hydrogens (tertiary/aromatic N) is 1. The predicted octanol–water partition coefficient (Wildman–Crippen LogP) is 3.95. The Morgan fingerprint density at radius 2 is 1.95 bits per heavy atom. The molecular formula is C17H27FN2. The first kappa shape index (κ1) is 15.3. The highest BCUT2D eigenvalue weighted by Gasteiger charge is 2.23. The summed E-state index contributed by atoms with van der Waals surface area (Å²) in [6, 6.07) is 6.41. The summed E-state index contributed by atoms with van der Waals surface area (Å²) in [7, 11) is 0. The van der Waals surface area contributed by atoms with Gasteiger partial charge in [-0.3, -0.25) is 0 Å². The van der Waals surface area contributed by atoms with Gasteiger partial charge < -0.3 is 10.2 Å². The van der Waals surface area contributed by atoms with Crippen molar-refractivity contribution in [2.75, 3.05) is 11.4 Å². The van der Waals surface area contributed by atoms with Gasteiger partial charge in [0, 0.05) is 36.4 Å². The Morgan fingerprint density at radius 1 is 1.25 bits per heavy atom. The second kappa shape index (κ2) is 6.57. The summed E-state index contributed by atoms with van der Waals surface area (Å²) < 4.78 is 14.2. The minimum Gasteiger partial charge on any atom is -0.369 e. The lowest BCUT2D eigenvalue weighted by Gasteiger charge is -2.32. The normalized spacial score (nSPS) is 15.2. The van der Waals surface area contributed by atoms with Gasteiger partial charge in [0.05, 0.1) is 0 Å². The van der Waals surface area contributed by atoms with E-state index < -0.39 is 0 Å². The Kier molecular flexibility index (Phi) is 5.03. The highest BCUT2D eigenvalue weighted by molar-refractivity contribution is 5.55. The van der Waals surface area contributed by atoms with Crippen LogP contribution in [0.15, 0.2) is 18.2 Å². The molecule has 1 aromatic rings. The average molecular weight is 278 g/mol. The standard InChI is InChI=1S/C17H27FN2/c1-12(2)11-20(13(3)4)17-7-5-6-16(18)15(17)10-19-14-8-9-14/h5-7,12-14,19H,8-11H2,1-4H3. The molecule has 0 spiro atoms. The highest BCUT2D eigenvalue weighted by atomic mass is 19.1. The Bertz CT molecular complexity index is 439. The second-order valence-electron chi connectivity index (χ2n) is 6.53. The van der Waals surface area contributed by atoms with Crippen LogP contribution in [0, 0.1) is 11.7 Å². The van der Waals surface area contributed by atoms with Gasteiger partial charge in [-0.05, 0) is 44.7 Å². The zero-order valence-corrected chi connectivity index (χ0v) is 13.1. The molecule has 1 aliphatic rings. The Hall–Kier alpha value is -1.09. The average Bonchev–Trinajstić information content (AvgIpc) is 3.18. The molecule has 0 saturated heterocycles. The van der Waals surface area contributed by atoms with Gasteiger partial charge in [0.15, 0.2) is 0 Å². The van der Waals surface area contributed by atoms with Crippen LogP contribution < -0.4 is 10.2 Å². The summed E-state index contributed by atoms with van der Waals surface area (Å²) in [4.78, 5) is 2.32. The maximum atomic E-state index is 14.2. The van der Waals surface area contributed by atoms with Crippen LogP contribution in [0.2, 0.25) is 0 Å². The van der Waals surface area contributed by atoms with Crippen molar-refractivity contribution >= 4 is 5.69 Å². The fourth-order valence-electron chi connectivity index (χ4n) is 2.51. The molecular weight excluding hydrogens is 251 g/mol. The third-order valence-electron chi connectivity index (χ3n) is 3.73. The highest BCUT2D eigenvalue weighted by Crippen LogP contribution is 2.27. The molecule has 112 valence electrons. The van der Waals surface area contributed by atoms with Gasteiger partial charge >= 0.3 is 0 Å². The zero-order valence-electron chi connectivity index (χ0n) is 13.1. The number of nitrogens with one attached hydrogen (secondary N) is 1. The Morgan fingerprint density at radius 3 is 2.50 bits per heavy atom. The quantitative estimate of drug-likeness (QED) is 0.812. The van der Waals surface area contributed by atoms with Crippen molar-refractivity contribution in [2.45, 2.75) is 59.2 Å². The van der Waals surface area contributed by atoms with E-state index in [0.717, 1.165) is 17.8 Å². The molecule has 0 aromatic heterocycles. The molecule has 0 atom stereocenters. The molecule has 1 N–H and O–H groups in total. The number of anilines is 1. The van der Waals surface area contributed by atoms with Crippen molar-refractivity contribution in [3.8, 4) is 0 Å². The lowest BCUT2D eigenvalue weighted by Crippen LogP contribution is -2.35. The van der Waals surface area contributed by atoms with Crippen LogP contribution in [0.4, 0.5) is 10.1 Å². The SMILES string of the molecule is CC(C)CN(c1cccc(F)c1CNC1CC1)C(C)C. The van der Waals surface area contributed by atoms with E-state index in [9.17, 15) is 4.39 Å². The fourth-order valence-corrected chi connectivity index (χ4v) is 2.51. The molecule has 2 rings (SSSR count). The van der Waals surface area contributed by atoms with Gasteiger partial charge in [-0.1, -0.05) is 19.9 Å². The first-order valence-electron chi connectivity index (χ1n) is 7.76. The van der Waals surface area contributed by atoms with Crippen LogP contribution in [0.3, 0.4) is 0 Å². The molecule has 0 bridgehead atoms. The van der Waals surface area contributed by atoms with E-state index in [1.165, 1.54) is 12.8 Å². The van der Waals surface area contributed by atoms with Crippen LogP contribution in [0.5, 0.6) is 0 Å². The number of benzene rings is 1. The first-order valence-corrected chi connectivity index (χ1v) is 7.76. The summed E-state index contributed by atoms with van der Waals surface area (Å²) >= 11 is 0. The van der Waals surface area contributed by atoms with Gasteiger partial charge in [0.1, 0.15) is 5.82 Å².